The van der Waals surface area contributed by atoms with Crippen molar-refractivity contribution < 1.29 is 9.59 Å². The summed E-state index contributed by atoms with van der Waals surface area (Å²) in [6, 6.07) is 23.4. The minimum absolute atomic E-state index is 0.185. The molecule has 0 saturated heterocycles. The van der Waals surface area contributed by atoms with Crippen molar-refractivity contribution in [3.8, 4) is 0 Å². The summed E-state index contributed by atoms with van der Waals surface area (Å²) in [6.07, 6.45) is 0. The van der Waals surface area contributed by atoms with Gasteiger partial charge in [-0.1, -0.05) is 78.0 Å². The summed E-state index contributed by atoms with van der Waals surface area (Å²) in [7, 11) is 0. The monoisotopic (exact) mass is 474 g/mol. The minimum Gasteiger partial charge on any atom is -0.324 e. The van der Waals surface area contributed by atoms with Gasteiger partial charge in [-0.15, -0.1) is 0 Å². The molecule has 3 aromatic carbocycles. The zero-order chi connectivity index (χ0) is 22.9. The molecular formula is C25H19ClN4O2S. The molecule has 2 amide bonds. The average molecular weight is 475 g/mol. The smallest absolute Gasteiger partial charge is 0.263 e. The van der Waals surface area contributed by atoms with E-state index >= 15 is 0 Å². The molecule has 0 spiro atoms. The highest BCUT2D eigenvalue weighted by molar-refractivity contribution is 8.15. The Labute approximate surface area is 200 Å². The number of amides is 2. The van der Waals surface area contributed by atoms with Crippen LogP contribution in [0.2, 0.25) is 5.02 Å². The first-order valence-electron chi connectivity index (χ1n) is 10.4. The second kappa shape index (κ2) is 8.84. The number of carbonyl (C=O) groups excluding carboxylic acids is 2. The zero-order valence-corrected chi connectivity index (χ0v) is 19.2. The van der Waals surface area contributed by atoms with Crippen molar-refractivity contribution in [2.45, 2.75) is 18.2 Å². The van der Waals surface area contributed by atoms with Gasteiger partial charge in [-0.05, 0) is 36.8 Å². The fourth-order valence-corrected chi connectivity index (χ4v) is 4.79. The molecule has 0 bridgehead atoms. The third kappa shape index (κ3) is 4.05. The maximum atomic E-state index is 13.4. The summed E-state index contributed by atoms with van der Waals surface area (Å²) in [5.41, 5.74) is 2.86. The second-order valence-corrected chi connectivity index (χ2v) is 9.30. The molecule has 8 heteroatoms. The highest BCUT2D eigenvalue weighted by atomic mass is 35.5. The lowest BCUT2D eigenvalue weighted by Crippen LogP contribution is -2.41. The van der Waals surface area contributed by atoms with Gasteiger partial charge in [0.25, 0.3) is 5.91 Å². The Bertz CT molecular complexity index is 1310. The van der Waals surface area contributed by atoms with Crippen LogP contribution in [0.15, 0.2) is 88.8 Å². The standard InChI is InChI=1S/C25H19ClN4O2S/c1-15(23(31)27-20-14-8-6-12-18(20)26)33-25-28-19-13-7-5-11-17(19)22-29-21(24(32)30(22)25)16-9-3-2-4-10-16/h2-15,21H,1H3,(H,27,31). The molecule has 2 aliphatic rings. The van der Waals surface area contributed by atoms with Crippen molar-refractivity contribution in [1.82, 2.24) is 4.90 Å². The number of para-hydroxylation sites is 2. The Morgan fingerprint density at radius 1 is 1.03 bits per heavy atom. The van der Waals surface area contributed by atoms with Gasteiger partial charge in [-0.3, -0.25) is 9.59 Å². The van der Waals surface area contributed by atoms with Crippen LogP contribution < -0.4 is 5.32 Å². The van der Waals surface area contributed by atoms with Crippen LogP contribution in [0.4, 0.5) is 11.4 Å². The summed E-state index contributed by atoms with van der Waals surface area (Å²) < 4.78 is 0. The van der Waals surface area contributed by atoms with E-state index in [0.717, 1.165) is 16.8 Å². The summed E-state index contributed by atoms with van der Waals surface area (Å²) in [5, 5.41) is 3.20. The van der Waals surface area contributed by atoms with Crippen LogP contribution in [0.3, 0.4) is 0 Å². The van der Waals surface area contributed by atoms with Crippen molar-refractivity contribution in [3.63, 3.8) is 0 Å². The van der Waals surface area contributed by atoms with Gasteiger partial charge in [0.15, 0.2) is 11.2 Å². The summed E-state index contributed by atoms with van der Waals surface area (Å²) in [4.78, 5) is 37.3. The number of thioether (sulfide) groups is 1. The van der Waals surface area contributed by atoms with E-state index in [-0.39, 0.29) is 11.8 Å². The van der Waals surface area contributed by atoms with E-state index in [1.807, 2.05) is 54.6 Å². The predicted octanol–water partition coefficient (Wildman–Crippen LogP) is 5.43. The van der Waals surface area contributed by atoms with Crippen molar-refractivity contribution >= 4 is 57.6 Å². The molecule has 6 nitrogen and oxygen atoms in total. The number of benzene rings is 3. The highest BCUT2D eigenvalue weighted by Crippen LogP contribution is 2.38. The third-order valence-electron chi connectivity index (χ3n) is 5.37. The second-order valence-electron chi connectivity index (χ2n) is 7.58. The molecule has 3 aromatic rings. The maximum Gasteiger partial charge on any atom is 0.263 e. The van der Waals surface area contributed by atoms with Crippen LogP contribution in [0, 0.1) is 0 Å². The lowest BCUT2D eigenvalue weighted by atomic mass is 10.1. The number of nitrogens with zero attached hydrogens (tertiary/aromatic N) is 3. The van der Waals surface area contributed by atoms with Gasteiger partial charge in [0, 0.05) is 5.56 Å². The molecule has 0 fully saturated rings. The quantitative estimate of drug-likeness (QED) is 0.547. The lowest BCUT2D eigenvalue weighted by molar-refractivity contribution is -0.124. The third-order valence-corrected chi connectivity index (χ3v) is 6.75. The molecule has 1 N–H and O–H groups in total. The number of halogens is 1. The van der Waals surface area contributed by atoms with Gasteiger partial charge in [-0.2, -0.15) is 0 Å². The Morgan fingerprint density at radius 3 is 2.52 bits per heavy atom. The number of rotatable bonds is 4. The van der Waals surface area contributed by atoms with Crippen molar-refractivity contribution in [1.29, 1.82) is 0 Å². The number of hydrogen-bond acceptors (Lipinski definition) is 5. The van der Waals surface area contributed by atoms with Crippen LogP contribution >= 0.6 is 23.4 Å². The van der Waals surface area contributed by atoms with Crippen LogP contribution in [0.25, 0.3) is 0 Å². The first-order valence-corrected chi connectivity index (χ1v) is 11.7. The summed E-state index contributed by atoms with van der Waals surface area (Å²) in [5.74, 6) is 0.135. The number of aliphatic imine (C=N–C) groups is 2. The molecule has 164 valence electrons. The summed E-state index contributed by atoms with van der Waals surface area (Å²) in [6.45, 7) is 1.77. The molecule has 0 radical (unpaired) electrons. The molecule has 0 aromatic heterocycles. The number of carbonyl (C=O) groups is 2. The largest absolute Gasteiger partial charge is 0.324 e. The molecular weight excluding hydrogens is 456 g/mol. The molecule has 0 aliphatic carbocycles. The number of anilines is 1. The SMILES string of the molecule is CC(SC1=Nc2ccccc2C2=NC(c3ccccc3)C(=O)N12)C(=O)Nc1ccccc1Cl. The molecule has 2 atom stereocenters. The van der Waals surface area contributed by atoms with Gasteiger partial charge >= 0.3 is 0 Å². The van der Waals surface area contributed by atoms with Crippen molar-refractivity contribution in [3.05, 3.63) is 95.0 Å². The van der Waals surface area contributed by atoms with Gasteiger partial charge in [0.2, 0.25) is 5.91 Å². The Balaban J connectivity index is 1.45. The van der Waals surface area contributed by atoms with Gasteiger partial charge in [-0.25, -0.2) is 14.9 Å². The highest BCUT2D eigenvalue weighted by Gasteiger charge is 2.42. The maximum absolute atomic E-state index is 13.4. The first kappa shape index (κ1) is 21.4. The van der Waals surface area contributed by atoms with E-state index < -0.39 is 11.3 Å². The van der Waals surface area contributed by atoms with E-state index in [0.29, 0.717) is 21.7 Å². The van der Waals surface area contributed by atoms with Gasteiger partial charge in [0.1, 0.15) is 5.84 Å². The summed E-state index contributed by atoms with van der Waals surface area (Å²) >= 11 is 7.39. The Morgan fingerprint density at radius 2 is 1.73 bits per heavy atom. The van der Waals surface area contributed by atoms with Crippen LogP contribution in [0.5, 0.6) is 0 Å². The molecule has 2 aliphatic heterocycles. The molecule has 2 heterocycles. The average Bonchev–Trinajstić information content (AvgIpc) is 3.19. The fraction of sp³-hybridized carbons (Fsp3) is 0.120. The van der Waals surface area contributed by atoms with Crippen LogP contribution in [-0.4, -0.2) is 33.0 Å². The molecule has 2 unspecified atom stereocenters. The fourth-order valence-electron chi connectivity index (χ4n) is 3.69. The van der Waals surface area contributed by atoms with E-state index in [2.05, 4.69) is 5.32 Å². The van der Waals surface area contributed by atoms with E-state index in [1.165, 1.54) is 16.7 Å². The lowest BCUT2D eigenvalue weighted by Gasteiger charge is -2.27. The normalized spacial score (nSPS) is 17.6. The van der Waals surface area contributed by atoms with Gasteiger partial charge in [0.05, 0.1) is 21.6 Å². The molecule has 0 saturated carbocycles. The van der Waals surface area contributed by atoms with Crippen molar-refractivity contribution in [2.24, 2.45) is 9.98 Å². The number of fused-ring (bicyclic) bond motifs is 3. The Kier molecular flexibility index (Phi) is 5.74. The number of nitrogens with one attached hydrogen (secondary N) is 1. The van der Waals surface area contributed by atoms with E-state index in [9.17, 15) is 9.59 Å². The minimum atomic E-state index is -0.648. The van der Waals surface area contributed by atoms with Crippen LogP contribution in [0.1, 0.15) is 24.1 Å². The number of hydrogen-bond donors (Lipinski definition) is 1. The zero-order valence-electron chi connectivity index (χ0n) is 17.6. The number of amidine groups is 2. The van der Waals surface area contributed by atoms with Crippen LogP contribution in [-0.2, 0) is 9.59 Å². The van der Waals surface area contributed by atoms with E-state index in [1.54, 1.807) is 31.2 Å². The van der Waals surface area contributed by atoms with Crippen molar-refractivity contribution in [2.75, 3.05) is 5.32 Å². The van der Waals surface area contributed by atoms with Gasteiger partial charge < -0.3 is 5.32 Å². The van der Waals surface area contributed by atoms with E-state index in [4.69, 9.17) is 21.6 Å². The predicted molar refractivity (Wildman–Crippen MR) is 133 cm³/mol. The topological polar surface area (TPSA) is 74.1 Å². The molecule has 5 rings (SSSR count). The Hall–Kier alpha value is -3.42. The molecule has 33 heavy (non-hydrogen) atoms. The first-order chi connectivity index (χ1) is 16.0.